The third kappa shape index (κ3) is 5.62. The van der Waals surface area contributed by atoms with Gasteiger partial charge in [0.1, 0.15) is 18.2 Å². The van der Waals surface area contributed by atoms with Crippen molar-refractivity contribution in [1.82, 2.24) is 14.9 Å². The molecule has 0 radical (unpaired) electrons. The topological polar surface area (TPSA) is 76.6 Å². The van der Waals surface area contributed by atoms with Crippen LogP contribution in [-0.2, 0) is 4.74 Å². The quantitative estimate of drug-likeness (QED) is 0.428. The number of carbonyl (C=O) groups excluding carboxylic acids is 1. The Balaban J connectivity index is 1.22. The molecular formula is C30H36N4O3. The van der Waals surface area contributed by atoms with Crippen LogP contribution in [0.25, 0.3) is 11.3 Å². The molecule has 7 heteroatoms. The van der Waals surface area contributed by atoms with Gasteiger partial charge in [0.05, 0.1) is 12.8 Å². The van der Waals surface area contributed by atoms with Gasteiger partial charge >= 0.3 is 6.09 Å². The number of hydrogen-bond acceptors (Lipinski definition) is 6. The third-order valence-corrected chi connectivity index (χ3v) is 7.73. The van der Waals surface area contributed by atoms with E-state index in [2.05, 4.69) is 30.1 Å². The molecule has 0 aliphatic carbocycles. The first-order valence-corrected chi connectivity index (χ1v) is 13.2. The van der Waals surface area contributed by atoms with E-state index in [-0.39, 0.29) is 6.04 Å². The Morgan fingerprint density at radius 2 is 1.92 bits per heavy atom. The van der Waals surface area contributed by atoms with Crippen LogP contribution in [-0.4, -0.2) is 53.8 Å². The lowest BCUT2D eigenvalue weighted by Crippen LogP contribution is -2.54. The predicted octanol–water partition coefficient (Wildman–Crippen LogP) is 6.01. The standard InChI is InChI=1S/C30H36N4O3/c1-19(2)21-9-11-23(12-10-21)33-30(35)37-18-24-15-22-13-14-34(24)17-26(22)28-16-27(31-20(3)32-28)25-7-5-6-8-29(25)36-4/h5-12,16,19,22,24,26H,13-15,17-18H2,1-4H3,(H,33,35). The van der Waals surface area contributed by atoms with Crippen LogP contribution < -0.4 is 10.1 Å². The molecule has 3 aliphatic rings. The second-order valence-electron chi connectivity index (χ2n) is 10.5. The molecule has 4 unspecified atom stereocenters. The Bertz CT molecular complexity index is 1240. The van der Waals surface area contributed by atoms with E-state index in [1.165, 1.54) is 5.56 Å². The molecule has 37 heavy (non-hydrogen) atoms. The summed E-state index contributed by atoms with van der Waals surface area (Å²) in [7, 11) is 1.69. The Hall–Kier alpha value is -3.45. The molecule has 3 aromatic rings. The van der Waals surface area contributed by atoms with E-state index in [1.54, 1.807) is 7.11 Å². The SMILES string of the molecule is COc1ccccc1-c1cc(C2CN3CCC2CC3COC(=O)Nc2ccc(C(C)C)cc2)nc(C)n1. The maximum Gasteiger partial charge on any atom is 0.411 e. The van der Waals surface area contributed by atoms with E-state index in [0.29, 0.717) is 24.4 Å². The molecule has 0 saturated carbocycles. The van der Waals surface area contributed by atoms with Gasteiger partial charge in [0, 0.05) is 35.4 Å². The van der Waals surface area contributed by atoms with Crippen LogP contribution in [0, 0.1) is 12.8 Å². The van der Waals surface area contributed by atoms with E-state index >= 15 is 0 Å². The van der Waals surface area contributed by atoms with Crippen molar-refractivity contribution < 1.29 is 14.3 Å². The summed E-state index contributed by atoms with van der Waals surface area (Å²) in [4.78, 5) is 24.5. The van der Waals surface area contributed by atoms with Gasteiger partial charge in [-0.15, -0.1) is 0 Å². The number of ether oxygens (including phenoxy) is 2. The summed E-state index contributed by atoms with van der Waals surface area (Å²) in [5.41, 5.74) is 4.96. The van der Waals surface area contributed by atoms with Gasteiger partial charge in [-0.25, -0.2) is 14.8 Å². The highest BCUT2D eigenvalue weighted by Gasteiger charge is 2.42. The van der Waals surface area contributed by atoms with Crippen molar-refractivity contribution in [3.63, 3.8) is 0 Å². The van der Waals surface area contributed by atoms with Crippen LogP contribution in [0.15, 0.2) is 54.6 Å². The van der Waals surface area contributed by atoms with Crippen molar-refractivity contribution in [2.45, 2.75) is 51.5 Å². The Morgan fingerprint density at radius 1 is 1.14 bits per heavy atom. The molecule has 4 atom stereocenters. The molecule has 1 N–H and O–H groups in total. The van der Waals surface area contributed by atoms with Gasteiger partial charge in [-0.3, -0.25) is 10.2 Å². The zero-order chi connectivity index (χ0) is 25.9. The zero-order valence-electron chi connectivity index (χ0n) is 22.1. The summed E-state index contributed by atoms with van der Waals surface area (Å²) in [6.07, 6.45) is 1.72. The lowest BCUT2D eigenvalue weighted by molar-refractivity contribution is -0.00151. The lowest BCUT2D eigenvalue weighted by atomic mass is 9.74. The molecule has 1 amide bonds. The molecule has 194 valence electrons. The van der Waals surface area contributed by atoms with Crippen molar-refractivity contribution in [1.29, 1.82) is 0 Å². The summed E-state index contributed by atoms with van der Waals surface area (Å²) in [5.74, 6) is 2.89. The summed E-state index contributed by atoms with van der Waals surface area (Å²) in [6.45, 7) is 8.60. The number of rotatable bonds is 7. The first-order valence-electron chi connectivity index (χ1n) is 13.2. The van der Waals surface area contributed by atoms with Gasteiger partial charge in [-0.2, -0.15) is 0 Å². The van der Waals surface area contributed by atoms with Gasteiger partial charge in [0.15, 0.2) is 0 Å². The highest BCUT2D eigenvalue weighted by molar-refractivity contribution is 5.84. The van der Waals surface area contributed by atoms with Crippen molar-refractivity contribution in [2.75, 3.05) is 32.1 Å². The zero-order valence-corrected chi connectivity index (χ0v) is 22.1. The average Bonchev–Trinajstić information content (AvgIpc) is 2.92. The Kier molecular flexibility index (Phi) is 7.42. The highest BCUT2D eigenvalue weighted by Crippen LogP contribution is 2.42. The van der Waals surface area contributed by atoms with Gasteiger partial charge in [-0.05, 0) is 74.0 Å². The molecule has 3 saturated heterocycles. The number of aryl methyl sites for hydroxylation is 1. The molecular weight excluding hydrogens is 464 g/mol. The number of aromatic nitrogens is 2. The van der Waals surface area contributed by atoms with E-state index < -0.39 is 6.09 Å². The number of carbonyl (C=O) groups is 1. The first kappa shape index (κ1) is 25.2. The Labute approximate surface area is 219 Å². The summed E-state index contributed by atoms with van der Waals surface area (Å²) < 4.78 is 11.2. The van der Waals surface area contributed by atoms with E-state index in [0.717, 1.165) is 60.1 Å². The smallest absolute Gasteiger partial charge is 0.411 e. The number of piperidine rings is 3. The minimum Gasteiger partial charge on any atom is -0.496 e. The molecule has 3 aliphatic heterocycles. The largest absolute Gasteiger partial charge is 0.496 e. The number of nitrogens with zero attached hydrogens (tertiary/aromatic N) is 3. The molecule has 3 fully saturated rings. The fraction of sp³-hybridized carbons (Fsp3) is 0.433. The molecule has 2 bridgehead atoms. The monoisotopic (exact) mass is 500 g/mol. The van der Waals surface area contributed by atoms with Gasteiger partial charge in [0.25, 0.3) is 0 Å². The highest BCUT2D eigenvalue weighted by atomic mass is 16.5. The molecule has 4 heterocycles. The number of hydrogen-bond donors (Lipinski definition) is 1. The van der Waals surface area contributed by atoms with Crippen LogP contribution in [0.4, 0.5) is 10.5 Å². The van der Waals surface area contributed by atoms with Crippen LogP contribution in [0.5, 0.6) is 5.75 Å². The number of nitrogens with one attached hydrogen (secondary N) is 1. The van der Waals surface area contributed by atoms with Gasteiger partial charge < -0.3 is 9.47 Å². The molecule has 6 rings (SSSR count). The number of fused-ring (bicyclic) bond motifs is 3. The summed E-state index contributed by atoms with van der Waals surface area (Å²) in [5, 5.41) is 2.86. The minimum atomic E-state index is -0.399. The average molecular weight is 501 g/mol. The second kappa shape index (κ2) is 10.9. The Morgan fingerprint density at radius 3 is 2.62 bits per heavy atom. The van der Waals surface area contributed by atoms with Crippen molar-refractivity contribution in [2.24, 2.45) is 5.92 Å². The number of anilines is 1. The van der Waals surface area contributed by atoms with Gasteiger partial charge in [0.2, 0.25) is 0 Å². The fourth-order valence-corrected chi connectivity index (χ4v) is 5.70. The maximum absolute atomic E-state index is 12.4. The molecule has 1 aromatic heterocycles. The van der Waals surface area contributed by atoms with Crippen LogP contribution in [0.1, 0.15) is 55.6 Å². The van der Waals surface area contributed by atoms with Crippen LogP contribution >= 0.6 is 0 Å². The molecule has 7 nitrogen and oxygen atoms in total. The van der Waals surface area contributed by atoms with E-state index in [4.69, 9.17) is 19.4 Å². The van der Waals surface area contributed by atoms with Gasteiger partial charge in [-0.1, -0.05) is 38.1 Å². The third-order valence-electron chi connectivity index (χ3n) is 7.73. The van der Waals surface area contributed by atoms with Crippen molar-refractivity contribution >= 4 is 11.8 Å². The second-order valence-corrected chi connectivity index (χ2v) is 10.5. The lowest BCUT2D eigenvalue weighted by Gasteiger charge is -2.49. The summed E-state index contributed by atoms with van der Waals surface area (Å²) >= 11 is 0. The predicted molar refractivity (Wildman–Crippen MR) is 145 cm³/mol. The minimum absolute atomic E-state index is 0.237. The molecule has 2 aromatic carbocycles. The van der Waals surface area contributed by atoms with E-state index in [9.17, 15) is 4.79 Å². The van der Waals surface area contributed by atoms with Crippen LogP contribution in [0.3, 0.4) is 0 Å². The number of methoxy groups -OCH3 is 1. The molecule has 0 spiro atoms. The van der Waals surface area contributed by atoms with Crippen LogP contribution in [0.2, 0.25) is 0 Å². The maximum atomic E-state index is 12.4. The van der Waals surface area contributed by atoms with Crippen molar-refractivity contribution in [3.8, 4) is 17.0 Å². The van der Waals surface area contributed by atoms with E-state index in [1.807, 2.05) is 55.5 Å². The number of benzene rings is 2. The fourth-order valence-electron chi connectivity index (χ4n) is 5.70. The number of amides is 1. The normalized spacial score (nSPS) is 22.6. The first-order chi connectivity index (χ1) is 17.9. The van der Waals surface area contributed by atoms with Crippen molar-refractivity contribution in [3.05, 3.63) is 71.7 Å². The number of para-hydroxylation sites is 1. The summed E-state index contributed by atoms with van der Waals surface area (Å²) in [6, 6.07) is 18.3.